The Hall–Kier alpha value is -2.56. The summed E-state index contributed by atoms with van der Waals surface area (Å²) in [4.78, 5) is 23.0. The van der Waals surface area contributed by atoms with Gasteiger partial charge in [0.2, 0.25) is 5.91 Å². The molecule has 27 heavy (non-hydrogen) atoms. The third-order valence-corrected chi connectivity index (χ3v) is 5.93. The number of carbonyl (C=O) groups is 1. The van der Waals surface area contributed by atoms with E-state index in [1.54, 1.807) is 0 Å². The number of imidazole rings is 1. The van der Waals surface area contributed by atoms with Crippen molar-refractivity contribution < 1.29 is 4.79 Å². The van der Waals surface area contributed by atoms with Gasteiger partial charge in [-0.15, -0.1) is 0 Å². The van der Waals surface area contributed by atoms with Crippen molar-refractivity contribution in [1.29, 1.82) is 0 Å². The van der Waals surface area contributed by atoms with E-state index in [2.05, 4.69) is 38.5 Å². The Morgan fingerprint density at radius 1 is 1.26 bits per heavy atom. The van der Waals surface area contributed by atoms with Crippen LogP contribution in [0.15, 0.2) is 36.7 Å². The minimum absolute atomic E-state index is 0.259. The van der Waals surface area contributed by atoms with E-state index >= 15 is 0 Å². The molecule has 1 atom stereocenters. The van der Waals surface area contributed by atoms with Crippen molar-refractivity contribution in [3.63, 3.8) is 0 Å². The molecule has 5 nitrogen and oxygen atoms in total. The monoisotopic (exact) mass is 364 g/mol. The highest BCUT2D eigenvalue weighted by atomic mass is 16.2. The van der Waals surface area contributed by atoms with E-state index in [0.717, 1.165) is 55.0 Å². The van der Waals surface area contributed by atoms with Crippen molar-refractivity contribution in [2.45, 2.75) is 58.5 Å². The Morgan fingerprint density at radius 3 is 2.93 bits per heavy atom. The molecule has 5 heteroatoms. The predicted octanol–water partition coefficient (Wildman–Crippen LogP) is 4.00. The highest BCUT2D eigenvalue weighted by Crippen LogP contribution is 2.26. The smallest absolute Gasteiger partial charge is 0.227 e. The fraction of sp³-hybridized carbons (Fsp3) is 0.455. The summed E-state index contributed by atoms with van der Waals surface area (Å²) in [6, 6.07) is 8.59. The molecule has 142 valence electrons. The number of likely N-dealkylation sites (tertiary alicyclic amines) is 1. The molecule has 0 aliphatic carbocycles. The van der Waals surface area contributed by atoms with Crippen molar-refractivity contribution in [1.82, 2.24) is 19.4 Å². The van der Waals surface area contributed by atoms with E-state index in [-0.39, 0.29) is 5.91 Å². The van der Waals surface area contributed by atoms with Gasteiger partial charge in [-0.25, -0.2) is 4.98 Å². The molecule has 1 saturated heterocycles. The lowest BCUT2D eigenvalue weighted by Crippen LogP contribution is -2.45. The molecule has 1 fully saturated rings. The Labute approximate surface area is 160 Å². The van der Waals surface area contributed by atoms with Gasteiger partial charge in [0.1, 0.15) is 5.82 Å². The average Bonchev–Trinajstić information content (AvgIpc) is 3.23. The van der Waals surface area contributed by atoms with Crippen LogP contribution in [0.5, 0.6) is 0 Å². The first-order valence-corrected chi connectivity index (χ1v) is 9.97. The Morgan fingerprint density at radius 2 is 2.11 bits per heavy atom. The molecule has 1 aliphatic rings. The van der Waals surface area contributed by atoms with E-state index in [1.165, 1.54) is 11.8 Å². The van der Waals surface area contributed by atoms with Crippen molar-refractivity contribution in [3.05, 3.63) is 53.7 Å². The number of carbonyl (C=O) groups excluding carboxylic acids is 1. The zero-order chi connectivity index (χ0) is 18.8. The number of nitrogens with zero attached hydrogens (tertiary/aromatic N) is 3. The minimum atomic E-state index is 0.259. The summed E-state index contributed by atoms with van der Waals surface area (Å²) < 4.78 is 2.18. The number of H-pyrrole nitrogens is 1. The van der Waals surface area contributed by atoms with Gasteiger partial charge in [0, 0.05) is 48.1 Å². The van der Waals surface area contributed by atoms with Crippen LogP contribution in [0.25, 0.3) is 10.9 Å². The number of benzene rings is 1. The maximum absolute atomic E-state index is 13.2. The lowest BCUT2D eigenvalue weighted by Gasteiger charge is -2.36. The number of aromatic amines is 1. The maximum Gasteiger partial charge on any atom is 0.227 e. The molecule has 1 unspecified atom stereocenters. The Kier molecular flexibility index (Phi) is 5.01. The molecule has 0 radical (unpaired) electrons. The van der Waals surface area contributed by atoms with E-state index in [0.29, 0.717) is 12.5 Å². The molecule has 3 heterocycles. The van der Waals surface area contributed by atoms with Crippen LogP contribution in [-0.4, -0.2) is 37.9 Å². The molecule has 1 aromatic carbocycles. The second-order valence-electron chi connectivity index (χ2n) is 7.64. The van der Waals surface area contributed by atoms with Gasteiger partial charge in [-0.05, 0) is 51.2 Å². The van der Waals surface area contributed by atoms with Crippen LogP contribution in [-0.2, 0) is 17.8 Å². The topological polar surface area (TPSA) is 53.9 Å². The van der Waals surface area contributed by atoms with Gasteiger partial charge in [0.15, 0.2) is 0 Å². The van der Waals surface area contributed by atoms with Gasteiger partial charge in [-0.1, -0.05) is 18.2 Å². The molecule has 1 aliphatic heterocycles. The van der Waals surface area contributed by atoms with Gasteiger partial charge in [0.05, 0.1) is 6.42 Å². The summed E-state index contributed by atoms with van der Waals surface area (Å²) in [6.07, 6.45) is 8.78. The zero-order valence-electron chi connectivity index (χ0n) is 16.2. The minimum Gasteiger partial charge on any atom is -0.358 e. The van der Waals surface area contributed by atoms with Crippen LogP contribution in [0.2, 0.25) is 0 Å². The van der Waals surface area contributed by atoms with Crippen LogP contribution in [0.1, 0.15) is 42.8 Å². The lowest BCUT2D eigenvalue weighted by molar-refractivity contribution is -0.134. The first-order chi connectivity index (χ1) is 13.1. The molecule has 0 spiro atoms. The number of rotatable bonds is 5. The Balaban J connectivity index is 1.48. The predicted molar refractivity (Wildman–Crippen MR) is 108 cm³/mol. The number of amides is 1. The number of fused-ring (bicyclic) bond motifs is 1. The van der Waals surface area contributed by atoms with Crippen molar-refractivity contribution >= 4 is 16.8 Å². The van der Waals surface area contributed by atoms with Crippen LogP contribution in [0.3, 0.4) is 0 Å². The molecule has 0 bridgehead atoms. The summed E-state index contributed by atoms with van der Waals surface area (Å²) in [6.45, 7) is 5.90. The molecule has 4 rings (SSSR count). The molecule has 0 saturated carbocycles. The van der Waals surface area contributed by atoms with Crippen LogP contribution >= 0.6 is 0 Å². The third kappa shape index (κ3) is 3.64. The summed E-state index contributed by atoms with van der Waals surface area (Å²) >= 11 is 0. The van der Waals surface area contributed by atoms with E-state index in [1.807, 2.05) is 31.5 Å². The molecule has 1 N–H and O–H groups in total. The number of hydrogen-bond acceptors (Lipinski definition) is 2. The summed E-state index contributed by atoms with van der Waals surface area (Å²) in [5.74, 6) is 1.30. The second-order valence-corrected chi connectivity index (χ2v) is 7.64. The lowest BCUT2D eigenvalue weighted by atomic mass is 9.97. The largest absolute Gasteiger partial charge is 0.358 e. The molecule has 3 aromatic rings. The van der Waals surface area contributed by atoms with Gasteiger partial charge in [-0.2, -0.15) is 0 Å². The number of nitrogens with one attached hydrogen (secondary N) is 1. The number of para-hydroxylation sites is 1. The highest BCUT2D eigenvalue weighted by Gasteiger charge is 2.27. The first-order valence-electron chi connectivity index (χ1n) is 9.97. The van der Waals surface area contributed by atoms with Gasteiger partial charge in [-0.3, -0.25) is 4.79 Å². The Bertz CT molecular complexity index is 939. The van der Waals surface area contributed by atoms with Gasteiger partial charge < -0.3 is 14.5 Å². The van der Waals surface area contributed by atoms with Gasteiger partial charge in [0.25, 0.3) is 0 Å². The fourth-order valence-corrected chi connectivity index (χ4v) is 4.37. The maximum atomic E-state index is 13.2. The van der Waals surface area contributed by atoms with Crippen molar-refractivity contribution in [2.75, 3.05) is 6.54 Å². The molecular weight excluding hydrogens is 336 g/mol. The van der Waals surface area contributed by atoms with E-state index < -0.39 is 0 Å². The van der Waals surface area contributed by atoms with Crippen LogP contribution < -0.4 is 0 Å². The van der Waals surface area contributed by atoms with Crippen molar-refractivity contribution in [3.8, 4) is 0 Å². The average molecular weight is 364 g/mol. The quantitative estimate of drug-likeness (QED) is 0.744. The number of aromatic nitrogens is 3. The number of hydrogen-bond donors (Lipinski definition) is 1. The van der Waals surface area contributed by atoms with Crippen molar-refractivity contribution in [2.24, 2.45) is 0 Å². The summed E-state index contributed by atoms with van der Waals surface area (Å²) in [7, 11) is 0. The second kappa shape index (κ2) is 7.59. The highest BCUT2D eigenvalue weighted by molar-refractivity contribution is 5.90. The van der Waals surface area contributed by atoms with E-state index in [9.17, 15) is 4.79 Å². The first kappa shape index (κ1) is 17.8. The normalized spacial score (nSPS) is 17.6. The SMILES string of the molecule is Cc1[nH]c2ccccc2c1CC(=O)N1CCCCC1CCn1ccnc1C. The third-order valence-electron chi connectivity index (χ3n) is 5.93. The molecule has 2 aromatic heterocycles. The van der Waals surface area contributed by atoms with Crippen LogP contribution in [0.4, 0.5) is 0 Å². The van der Waals surface area contributed by atoms with Crippen LogP contribution in [0, 0.1) is 13.8 Å². The molecule has 1 amide bonds. The summed E-state index contributed by atoms with van der Waals surface area (Å²) in [5, 5.41) is 1.17. The zero-order valence-corrected chi connectivity index (χ0v) is 16.2. The summed E-state index contributed by atoms with van der Waals surface area (Å²) in [5.41, 5.74) is 3.36. The standard InChI is InChI=1S/C22H28N4O/c1-16-20(19-8-3-4-9-21(19)24-16)15-22(27)26-12-6-5-7-18(26)10-13-25-14-11-23-17(25)2/h3-4,8-9,11,14,18,24H,5-7,10,12-13,15H2,1-2H3. The number of aryl methyl sites for hydroxylation is 3. The van der Waals surface area contributed by atoms with Gasteiger partial charge >= 0.3 is 0 Å². The molecular formula is C22H28N4O. The fourth-order valence-electron chi connectivity index (χ4n) is 4.37. The van der Waals surface area contributed by atoms with E-state index in [4.69, 9.17) is 0 Å². The number of piperidine rings is 1.